The molecule has 0 radical (unpaired) electrons. The Morgan fingerprint density at radius 1 is 0.784 bits per heavy atom. The molecule has 7 nitrogen and oxygen atoms in total. The van der Waals surface area contributed by atoms with Crippen LogP contribution in [0.1, 0.15) is 87.2 Å². The third-order valence-electron chi connectivity index (χ3n) is 11.3. The van der Waals surface area contributed by atoms with Gasteiger partial charge in [0.2, 0.25) is 0 Å². The molecule has 4 aromatic carbocycles. The van der Waals surface area contributed by atoms with Gasteiger partial charge in [-0.25, -0.2) is 4.79 Å². The second-order valence-electron chi connectivity index (χ2n) is 16.3. The Morgan fingerprint density at radius 2 is 1.47 bits per heavy atom. The number of benzene rings is 4. The molecule has 0 spiro atoms. The molecular formula is C44H53N3O4. The van der Waals surface area contributed by atoms with Gasteiger partial charge in [0.25, 0.3) is 0 Å². The standard InChI is InChI=1S/C44H53N3O4/c1-30-39(26-47-29-44(4)23-38(47)22-43(2,3)28-44)50-41(51-40(30)35-15-13-32(27-48)14-16-35)36-19-17-34(18-20-36)37-12-8-11-33(21-37)25-46-42(49)45-24-31-9-6-5-7-10-31/h5-21,30,38-41,48H,22-29H2,1-4H3,(H2,45,46,49)/t30-,38?,39+,40+,41+,44?/m0/s1. The van der Waals surface area contributed by atoms with Crippen molar-refractivity contribution in [2.24, 2.45) is 16.7 Å². The zero-order valence-corrected chi connectivity index (χ0v) is 30.5. The van der Waals surface area contributed by atoms with E-state index >= 15 is 0 Å². The first-order valence-electron chi connectivity index (χ1n) is 18.6. The quantitative estimate of drug-likeness (QED) is 0.156. The zero-order chi connectivity index (χ0) is 35.6. The van der Waals surface area contributed by atoms with Crippen LogP contribution in [0.25, 0.3) is 11.1 Å². The molecule has 51 heavy (non-hydrogen) atoms. The predicted octanol–water partition coefficient (Wildman–Crippen LogP) is 8.54. The maximum Gasteiger partial charge on any atom is 0.315 e. The molecule has 2 saturated heterocycles. The lowest BCUT2D eigenvalue weighted by molar-refractivity contribution is -0.276. The first-order valence-corrected chi connectivity index (χ1v) is 18.6. The number of hydrogen-bond donors (Lipinski definition) is 3. The summed E-state index contributed by atoms with van der Waals surface area (Å²) in [5.74, 6) is 0.151. The number of carbonyl (C=O) groups is 1. The fourth-order valence-electron chi connectivity index (χ4n) is 9.07. The topological polar surface area (TPSA) is 83.1 Å². The van der Waals surface area contributed by atoms with Crippen LogP contribution in [0.4, 0.5) is 4.79 Å². The van der Waals surface area contributed by atoms with Gasteiger partial charge in [-0.15, -0.1) is 0 Å². The fraction of sp³-hybridized carbons (Fsp3) is 0.432. The molecule has 3 aliphatic rings. The van der Waals surface area contributed by atoms with Crippen LogP contribution in [-0.4, -0.2) is 41.3 Å². The highest BCUT2D eigenvalue weighted by molar-refractivity contribution is 5.74. The number of likely N-dealkylation sites (tertiary alicyclic amines) is 1. The lowest BCUT2D eigenvalue weighted by atomic mass is 9.65. The van der Waals surface area contributed by atoms with Crippen LogP contribution >= 0.6 is 0 Å². The first kappa shape index (κ1) is 35.4. The second-order valence-corrected chi connectivity index (χ2v) is 16.3. The number of urea groups is 1. The van der Waals surface area contributed by atoms with Crippen LogP contribution in [0.15, 0.2) is 103 Å². The minimum absolute atomic E-state index is 0.00563. The van der Waals surface area contributed by atoms with Crippen LogP contribution < -0.4 is 10.6 Å². The van der Waals surface area contributed by atoms with Crippen molar-refractivity contribution in [2.45, 2.75) is 91.2 Å². The molecule has 0 aromatic heterocycles. The number of nitrogens with one attached hydrogen (secondary N) is 2. The molecular weight excluding hydrogens is 635 g/mol. The molecule has 1 aliphatic carbocycles. The Morgan fingerprint density at radius 3 is 2.20 bits per heavy atom. The van der Waals surface area contributed by atoms with E-state index in [0.717, 1.165) is 52.0 Å². The Hall–Kier alpha value is -4.01. The summed E-state index contributed by atoms with van der Waals surface area (Å²) in [7, 11) is 0. The van der Waals surface area contributed by atoms with Gasteiger partial charge in [-0.3, -0.25) is 4.90 Å². The van der Waals surface area contributed by atoms with Crippen LogP contribution in [-0.2, 0) is 29.2 Å². The smallest absolute Gasteiger partial charge is 0.315 e. The van der Waals surface area contributed by atoms with Gasteiger partial charge in [0.1, 0.15) is 0 Å². The van der Waals surface area contributed by atoms with Gasteiger partial charge in [0.05, 0.1) is 18.8 Å². The maximum absolute atomic E-state index is 12.4. The largest absolute Gasteiger partial charge is 0.392 e. The Kier molecular flexibility index (Phi) is 10.4. The summed E-state index contributed by atoms with van der Waals surface area (Å²) in [6.45, 7) is 12.6. The van der Waals surface area contributed by atoms with E-state index < -0.39 is 6.29 Å². The van der Waals surface area contributed by atoms with Crippen molar-refractivity contribution < 1.29 is 19.4 Å². The van der Waals surface area contributed by atoms with Gasteiger partial charge in [-0.2, -0.15) is 0 Å². The highest BCUT2D eigenvalue weighted by Gasteiger charge is 2.51. The second kappa shape index (κ2) is 14.9. The molecule has 2 bridgehead atoms. The lowest BCUT2D eigenvalue weighted by Crippen LogP contribution is -2.46. The summed E-state index contributed by atoms with van der Waals surface area (Å²) in [6.07, 6.45) is 3.15. The summed E-state index contributed by atoms with van der Waals surface area (Å²) >= 11 is 0. The van der Waals surface area contributed by atoms with E-state index in [1.807, 2.05) is 54.6 Å². The van der Waals surface area contributed by atoms with Gasteiger partial charge in [-0.1, -0.05) is 125 Å². The minimum atomic E-state index is -0.498. The Labute approximate surface area is 303 Å². The highest BCUT2D eigenvalue weighted by atomic mass is 16.7. The number of ether oxygens (including phenoxy) is 2. The van der Waals surface area contributed by atoms with Crippen molar-refractivity contribution in [3.8, 4) is 11.1 Å². The number of aliphatic hydroxyl groups is 1. The average Bonchev–Trinajstić information content (AvgIpc) is 3.38. The molecule has 3 N–H and O–H groups in total. The van der Waals surface area contributed by atoms with Crippen molar-refractivity contribution in [3.05, 3.63) is 131 Å². The van der Waals surface area contributed by atoms with Crippen molar-refractivity contribution in [3.63, 3.8) is 0 Å². The van der Waals surface area contributed by atoms with Gasteiger partial charge in [0.15, 0.2) is 6.29 Å². The van der Waals surface area contributed by atoms with Crippen LogP contribution in [0.2, 0.25) is 0 Å². The normalized spacial score (nSPS) is 27.2. The Balaban J connectivity index is 1.05. The number of amides is 2. The van der Waals surface area contributed by atoms with Crippen molar-refractivity contribution in [1.29, 1.82) is 0 Å². The number of nitrogens with zero attached hydrogens (tertiary/aromatic N) is 1. The van der Waals surface area contributed by atoms with Crippen LogP contribution in [0.3, 0.4) is 0 Å². The van der Waals surface area contributed by atoms with E-state index in [1.54, 1.807) is 0 Å². The van der Waals surface area contributed by atoms with Crippen molar-refractivity contribution in [1.82, 2.24) is 15.5 Å². The SMILES string of the molecule is C[C@H]1[C@@H](CN2CC3(C)CC2CC(C)(C)C3)O[C@@H](c2ccc(-c3cccc(CNC(=O)NCc4ccccc4)c3)cc2)O[C@H]1c1ccc(CO)cc1. The lowest BCUT2D eigenvalue weighted by Gasteiger charge is -2.43. The molecule has 7 rings (SSSR count). The van der Waals surface area contributed by atoms with E-state index in [0.29, 0.717) is 30.0 Å². The van der Waals surface area contributed by atoms with E-state index in [4.69, 9.17) is 9.47 Å². The molecule has 4 aromatic rings. The molecule has 7 heteroatoms. The van der Waals surface area contributed by atoms with Crippen molar-refractivity contribution in [2.75, 3.05) is 13.1 Å². The molecule has 6 atom stereocenters. The predicted molar refractivity (Wildman–Crippen MR) is 201 cm³/mol. The first-order chi connectivity index (χ1) is 24.6. The summed E-state index contributed by atoms with van der Waals surface area (Å²) in [5, 5.41) is 15.6. The number of carbonyl (C=O) groups excluding carboxylic acids is 1. The molecule has 2 unspecified atom stereocenters. The van der Waals surface area contributed by atoms with E-state index in [9.17, 15) is 9.90 Å². The Bertz CT molecular complexity index is 1780. The highest BCUT2D eigenvalue weighted by Crippen LogP contribution is 2.53. The van der Waals surface area contributed by atoms with Gasteiger partial charge >= 0.3 is 6.03 Å². The maximum atomic E-state index is 12.4. The van der Waals surface area contributed by atoms with Gasteiger partial charge < -0.3 is 25.2 Å². The molecule has 2 amide bonds. The third kappa shape index (κ3) is 8.39. The minimum Gasteiger partial charge on any atom is -0.392 e. The average molecular weight is 688 g/mol. The fourth-order valence-corrected chi connectivity index (χ4v) is 9.07. The molecule has 3 fully saturated rings. The molecule has 1 saturated carbocycles. The zero-order valence-electron chi connectivity index (χ0n) is 30.5. The molecule has 268 valence electrons. The van der Waals surface area contributed by atoms with E-state index in [1.165, 1.54) is 19.3 Å². The van der Waals surface area contributed by atoms with Crippen LogP contribution in [0.5, 0.6) is 0 Å². The summed E-state index contributed by atoms with van der Waals surface area (Å²) in [5.41, 5.74) is 7.99. The van der Waals surface area contributed by atoms with Crippen LogP contribution in [0, 0.1) is 16.7 Å². The summed E-state index contributed by atoms with van der Waals surface area (Å²) in [6, 6.07) is 35.2. The molecule has 2 heterocycles. The van der Waals surface area contributed by atoms with E-state index in [-0.39, 0.29) is 30.8 Å². The van der Waals surface area contributed by atoms with E-state index in [2.05, 4.69) is 91.8 Å². The number of fused-ring (bicyclic) bond motifs is 2. The summed E-state index contributed by atoms with van der Waals surface area (Å²) < 4.78 is 13.7. The number of hydrogen-bond acceptors (Lipinski definition) is 5. The van der Waals surface area contributed by atoms with Gasteiger partial charge in [-0.05, 0) is 69.5 Å². The number of aliphatic hydroxyl groups excluding tert-OH is 1. The summed E-state index contributed by atoms with van der Waals surface area (Å²) in [4.78, 5) is 15.2. The molecule has 2 aliphatic heterocycles. The van der Waals surface area contributed by atoms with Gasteiger partial charge in [0, 0.05) is 43.7 Å². The third-order valence-corrected chi connectivity index (χ3v) is 11.3. The number of rotatable bonds is 10. The van der Waals surface area contributed by atoms with Crippen molar-refractivity contribution >= 4 is 6.03 Å². The monoisotopic (exact) mass is 687 g/mol.